The summed E-state index contributed by atoms with van der Waals surface area (Å²) >= 11 is 2.18. The van der Waals surface area contributed by atoms with Crippen molar-refractivity contribution in [1.82, 2.24) is 4.90 Å². The number of hydrogen-bond donors (Lipinski definition) is 1. The number of aliphatic carboxylic acids is 1. The van der Waals surface area contributed by atoms with Gasteiger partial charge in [0.05, 0.1) is 11.5 Å². The minimum atomic E-state index is -0.811. The summed E-state index contributed by atoms with van der Waals surface area (Å²) in [7, 11) is 0. The van der Waals surface area contributed by atoms with Crippen LogP contribution in [0.4, 0.5) is 0 Å². The highest BCUT2D eigenvalue weighted by Gasteiger charge is 2.36. The zero-order valence-corrected chi connectivity index (χ0v) is 13.8. The van der Waals surface area contributed by atoms with Crippen LogP contribution < -0.4 is 0 Å². The van der Waals surface area contributed by atoms with E-state index in [2.05, 4.69) is 22.6 Å². The van der Waals surface area contributed by atoms with Crippen LogP contribution in [-0.2, 0) is 4.79 Å². The molecule has 0 saturated carbocycles. The van der Waals surface area contributed by atoms with Gasteiger partial charge in [-0.15, -0.1) is 0 Å². The van der Waals surface area contributed by atoms with E-state index in [-0.39, 0.29) is 11.9 Å². The monoisotopic (exact) mass is 387 g/mol. The predicted molar refractivity (Wildman–Crippen MR) is 84.8 cm³/mol. The number of carboxylic acid groups (broad SMARTS) is 1. The number of carbonyl (C=O) groups excluding carboxylic acids is 1. The van der Waals surface area contributed by atoms with E-state index >= 15 is 0 Å². The Morgan fingerprint density at radius 3 is 2.75 bits per heavy atom. The smallest absolute Gasteiger partial charge is 0.308 e. The molecule has 5 heteroatoms. The maximum absolute atomic E-state index is 12.7. The van der Waals surface area contributed by atoms with Crippen molar-refractivity contribution in [2.24, 2.45) is 5.92 Å². The number of carbonyl (C=O) groups is 2. The topological polar surface area (TPSA) is 57.6 Å². The molecule has 1 aromatic rings. The molecule has 0 aromatic heterocycles. The van der Waals surface area contributed by atoms with E-state index in [1.807, 2.05) is 32.0 Å². The van der Waals surface area contributed by atoms with Crippen LogP contribution >= 0.6 is 22.6 Å². The molecule has 1 aliphatic rings. The number of aryl methyl sites for hydroxylation is 1. The van der Waals surface area contributed by atoms with E-state index in [1.165, 1.54) is 0 Å². The predicted octanol–water partition coefficient (Wildman–Crippen LogP) is 2.92. The fourth-order valence-corrected chi connectivity index (χ4v) is 3.32. The maximum atomic E-state index is 12.7. The Morgan fingerprint density at radius 2 is 2.10 bits per heavy atom. The number of halogens is 1. The minimum Gasteiger partial charge on any atom is -0.481 e. The lowest BCUT2D eigenvalue weighted by atomic mass is 9.90. The minimum absolute atomic E-state index is 0.0587. The molecule has 1 aliphatic heterocycles. The van der Waals surface area contributed by atoms with Gasteiger partial charge in [-0.25, -0.2) is 0 Å². The lowest BCUT2D eigenvalue weighted by Crippen LogP contribution is -2.49. The van der Waals surface area contributed by atoms with Crippen molar-refractivity contribution >= 4 is 34.5 Å². The van der Waals surface area contributed by atoms with Crippen LogP contribution in [0.15, 0.2) is 18.2 Å². The fourth-order valence-electron chi connectivity index (χ4n) is 2.73. The van der Waals surface area contributed by atoms with Crippen LogP contribution in [0.5, 0.6) is 0 Å². The van der Waals surface area contributed by atoms with E-state index in [9.17, 15) is 14.7 Å². The first-order chi connectivity index (χ1) is 9.43. The first-order valence-corrected chi connectivity index (χ1v) is 7.80. The number of nitrogens with zero attached hydrogens (tertiary/aromatic N) is 1. The van der Waals surface area contributed by atoms with Crippen molar-refractivity contribution in [3.63, 3.8) is 0 Å². The second-order valence-corrected chi connectivity index (χ2v) is 6.34. The Balaban J connectivity index is 2.28. The standard InChI is InChI=1S/C15H18INO3/c1-9-5-3-6-12(13(9)16)14(18)17-8-4-7-11(10(17)2)15(19)20/h3,5-6,10-11H,4,7-8H2,1-2H3,(H,19,20)/t10-,11-/m1/s1. The summed E-state index contributed by atoms with van der Waals surface area (Å²) < 4.78 is 0.944. The average Bonchev–Trinajstić information content (AvgIpc) is 2.41. The summed E-state index contributed by atoms with van der Waals surface area (Å²) in [5, 5.41) is 9.24. The van der Waals surface area contributed by atoms with Gasteiger partial charge in [0, 0.05) is 16.2 Å². The van der Waals surface area contributed by atoms with Gasteiger partial charge in [0.15, 0.2) is 0 Å². The Hall–Kier alpha value is -1.11. The molecule has 1 aromatic carbocycles. The van der Waals surface area contributed by atoms with Crippen molar-refractivity contribution in [2.75, 3.05) is 6.54 Å². The molecule has 1 N–H and O–H groups in total. The SMILES string of the molecule is Cc1cccc(C(=O)N2CCC[C@@H](C(=O)O)[C@H]2C)c1I. The Labute approximate surface area is 132 Å². The zero-order chi connectivity index (χ0) is 14.9. The highest BCUT2D eigenvalue weighted by Crippen LogP contribution is 2.27. The third-order valence-corrected chi connectivity index (χ3v) is 5.42. The normalized spacial score (nSPS) is 22.6. The first-order valence-electron chi connectivity index (χ1n) is 6.72. The molecule has 4 nitrogen and oxygen atoms in total. The second-order valence-electron chi connectivity index (χ2n) is 5.26. The number of hydrogen-bond acceptors (Lipinski definition) is 2. The Morgan fingerprint density at radius 1 is 1.40 bits per heavy atom. The van der Waals surface area contributed by atoms with E-state index in [0.29, 0.717) is 18.5 Å². The first kappa shape index (κ1) is 15.3. The molecule has 20 heavy (non-hydrogen) atoms. The lowest BCUT2D eigenvalue weighted by molar-refractivity contribution is -0.144. The largest absolute Gasteiger partial charge is 0.481 e. The van der Waals surface area contributed by atoms with Crippen molar-refractivity contribution < 1.29 is 14.7 Å². The van der Waals surface area contributed by atoms with Crippen LogP contribution in [-0.4, -0.2) is 34.5 Å². The van der Waals surface area contributed by atoms with Gasteiger partial charge < -0.3 is 10.0 Å². The molecule has 2 rings (SSSR count). The number of likely N-dealkylation sites (tertiary alicyclic amines) is 1. The second kappa shape index (κ2) is 6.11. The van der Waals surface area contributed by atoms with Crippen LogP contribution in [0.3, 0.4) is 0 Å². The van der Waals surface area contributed by atoms with Crippen LogP contribution in [0.25, 0.3) is 0 Å². The van der Waals surface area contributed by atoms with E-state index in [4.69, 9.17) is 0 Å². The summed E-state index contributed by atoms with van der Waals surface area (Å²) in [6.45, 7) is 4.44. The molecular weight excluding hydrogens is 369 g/mol. The molecule has 1 saturated heterocycles. The average molecular weight is 387 g/mol. The number of benzene rings is 1. The van der Waals surface area contributed by atoms with Gasteiger partial charge in [-0.3, -0.25) is 9.59 Å². The van der Waals surface area contributed by atoms with Crippen molar-refractivity contribution in [1.29, 1.82) is 0 Å². The molecular formula is C15H18INO3. The third-order valence-electron chi connectivity index (χ3n) is 3.99. The van der Waals surface area contributed by atoms with Gasteiger partial charge in [-0.05, 0) is 60.9 Å². The highest BCUT2D eigenvalue weighted by atomic mass is 127. The van der Waals surface area contributed by atoms with E-state index in [0.717, 1.165) is 15.6 Å². The zero-order valence-electron chi connectivity index (χ0n) is 11.6. The van der Waals surface area contributed by atoms with Gasteiger partial charge in [-0.1, -0.05) is 12.1 Å². The third kappa shape index (κ3) is 2.82. The molecule has 0 radical (unpaired) electrons. The molecule has 0 spiro atoms. The molecule has 108 valence electrons. The maximum Gasteiger partial charge on any atom is 0.308 e. The quantitative estimate of drug-likeness (QED) is 0.794. The van der Waals surface area contributed by atoms with Crippen LogP contribution in [0.2, 0.25) is 0 Å². The van der Waals surface area contributed by atoms with Crippen molar-refractivity contribution in [3.05, 3.63) is 32.9 Å². The molecule has 0 bridgehead atoms. The van der Waals surface area contributed by atoms with Gasteiger partial charge >= 0.3 is 5.97 Å². The molecule has 0 unspecified atom stereocenters. The summed E-state index contributed by atoms with van der Waals surface area (Å²) in [6.07, 6.45) is 1.39. The molecule has 1 amide bonds. The summed E-state index contributed by atoms with van der Waals surface area (Å²) in [4.78, 5) is 25.6. The van der Waals surface area contributed by atoms with Crippen molar-refractivity contribution in [2.45, 2.75) is 32.7 Å². The Kier molecular flexibility index (Phi) is 4.67. The van der Waals surface area contributed by atoms with E-state index in [1.54, 1.807) is 4.90 Å². The number of amides is 1. The lowest BCUT2D eigenvalue weighted by Gasteiger charge is -2.37. The van der Waals surface area contributed by atoms with Gasteiger partial charge in [0.2, 0.25) is 0 Å². The molecule has 1 fully saturated rings. The molecule has 2 atom stereocenters. The fraction of sp³-hybridized carbons (Fsp3) is 0.467. The summed E-state index contributed by atoms with van der Waals surface area (Å²) in [5.74, 6) is -1.33. The van der Waals surface area contributed by atoms with Gasteiger partial charge in [0.25, 0.3) is 5.91 Å². The number of carboxylic acids is 1. The molecule has 1 heterocycles. The molecule has 0 aliphatic carbocycles. The van der Waals surface area contributed by atoms with Crippen molar-refractivity contribution in [3.8, 4) is 0 Å². The number of piperidine rings is 1. The van der Waals surface area contributed by atoms with Crippen LogP contribution in [0.1, 0.15) is 35.7 Å². The number of rotatable bonds is 2. The van der Waals surface area contributed by atoms with Gasteiger partial charge in [-0.2, -0.15) is 0 Å². The summed E-state index contributed by atoms with van der Waals surface area (Å²) in [6, 6.07) is 5.39. The summed E-state index contributed by atoms with van der Waals surface area (Å²) in [5.41, 5.74) is 1.74. The van der Waals surface area contributed by atoms with Gasteiger partial charge in [0.1, 0.15) is 0 Å². The van der Waals surface area contributed by atoms with Crippen LogP contribution in [0, 0.1) is 16.4 Å². The highest BCUT2D eigenvalue weighted by molar-refractivity contribution is 14.1. The Bertz CT molecular complexity index is 544. The van der Waals surface area contributed by atoms with E-state index < -0.39 is 11.9 Å².